The number of nitrogens with two attached hydrogens (primary N) is 1. The van der Waals surface area contributed by atoms with E-state index in [1.807, 2.05) is 0 Å². The lowest BCUT2D eigenvalue weighted by Gasteiger charge is -1.97. The molecule has 12 heavy (non-hydrogen) atoms. The average molecular weight is 167 g/mol. The van der Waals surface area contributed by atoms with Crippen molar-refractivity contribution < 1.29 is 15.7 Å². The topological polar surface area (TPSA) is 61.6 Å². The van der Waals surface area contributed by atoms with Gasteiger partial charge in [-0.2, -0.15) is 0 Å². The maximum Gasteiger partial charge on any atom is 0.248 e. The second-order valence-corrected chi connectivity index (χ2v) is 2.43. The second kappa shape index (κ2) is 2.41. The SMILES string of the molecule is NC(=O)c1ccc2c(c1)OCO2.[HH]. The van der Waals surface area contributed by atoms with Crippen molar-refractivity contribution in [3.8, 4) is 11.5 Å². The molecule has 1 amide bonds. The van der Waals surface area contributed by atoms with Crippen LogP contribution in [0.15, 0.2) is 18.2 Å². The summed E-state index contributed by atoms with van der Waals surface area (Å²) in [6, 6.07) is 4.85. The minimum atomic E-state index is -0.465. The molecule has 0 bridgehead atoms. The second-order valence-electron chi connectivity index (χ2n) is 2.43. The first kappa shape index (κ1) is 6.97. The Balaban J connectivity index is 0.000000845. The van der Waals surface area contributed by atoms with Crippen LogP contribution in [-0.2, 0) is 0 Å². The fraction of sp³-hybridized carbons (Fsp3) is 0.125. The Labute approximate surface area is 70.4 Å². The molecule has 1 aromatic rings. The number of carbonyl (C=O) groups excluding carboxylic acids is 1. The van der Waals surface area contributed by atoms with Crippen LogP contribution in [0.25, 0.3) is 0 Å². The molecule has 0 radical (unpaired) electrons. The monoisotopic (exact) mass is 167 g/mol. The zero-order valence-electron chi connectivity index (χ0n) is 6.24. The van der Waals surface area contributed by atoms with Crippen molar-refractivity contribution in [3.63, 3.8) is 0 Å². The van der Waals surface area contributed by atoms with Crippen molar-refractivity contribution in [3.05, 3.63) is 23.8 Å². The van der Waals surface area contributed by atoms with Crippen molar-refractivity contribution in [2.24, 2.45) is 5.73 Å². The fourth-order valence-corrected chi connectivity index (χ4v) is 1.05. The highest BCUT2D eigenvalue weighted by molar-refractivity contribution is 5.93. The molecule has 2 rings (SSSR count). The maximum atomic E-state index is 10.7. The van der Waals surface area contributed by atoms with Gasteiger partial charge in [-0.3, -0.25) is 4.79 Å². The van der Waals surface area contributed by atoms with Gasteiger partial charge in [0, 0.05) is 6.99 Å². The van der Waals surface area contributed by atoms with E-state index < -0.39 is 5.91 Å². The van der Waals surface area contributed by atoms with Gasteiger partial charge in [-0.1, -0.05) is 0 Å². The van der Waals surface area contributed by atoms with E-state index in [1.54, 1.807) is 18.2 Å². The van der Waals surface area contributed by atoms with Gasteiger partial charge in [0.1, 0.15) is 0 Å². The van der Waals surface area contributed by atoms with E-state index in [1.165, 1.54) is 0 Å². The van der Waals surface area contributed by atoms with E-state index in [0.717, 1.165) is 0 Å². The molecule has 0 atom stereocenters. The van der Waals surface area contributed by atoms with Gasteiger partial charge in [0.2, 0.25) is 12.7 Å². The van der Waals surface area contributed by atoms with Crippen LogP contribution in [0.1, 0.15) is 11.8 Å². The van der Waals surface area contributed by atoms with Crippen LogP contribution in [-0.4, -0.2) is 12.7 Å². The Morgan fingerprint density at radius 2 is 2.17 bits per heavy atom. The lowest BCUT2D eigenvalue weighted by Crippen LogP contribution is -2.10. The summed E-state index contributed by atoms with van der Waals surface area (Å²) in [6.07, 6.45) is 0. The van der Waals surface area contributed by atoms with Crippen molar-refractivity contribution in [2.45, 2.75) is 0 Å². The van der Waals surface area contributed by atoms with Crippen LogP contribution in [0.3, 0.4) is 0 Å². The summed E-state index contributed by atoms with van der Waals surface area (Å²) in [6.45, 7) is 0.206. The molecule has 0 aromatic heterocycles. The average Bonchev–Trinajstić information content (AvgIpc) is 2.49. The quantitative estimate of drug-likeness (QED) is 0.671. The van der Waals surface area contributed by atoms with Crippen LogP contribution in [0, 0.1) is 0 Å². The number of benzene rings is 1. The Hall–Kier alpha value is -1.71. The normalized spacial score (nSPS) is 13.0. The predicted octanol–water partition coefficient (Wildman–Crippen LogP) is 0.760. The summed E-state index contributed by atoms with van der Waals surface area (Å²) in [7, 11) is 0. The van der Waals surface area contributed by atoms with Crippen LogP contribution in [0.2, 0.25) is 0 Å². The first-order valence-corrected chi connectivity index (χ1v) is 3.47. The number of hydrogen-bond donors (Lipinski definition) is 1. The van der Waals surface area contributed by atoms with Crippen LogP contribution < -0.4 is 15.2 Å². The Morgan fingerprint density at radius 1 is 1.42 bits per heavy atom. The number of carbonyl (C=O) groups is 1. The molecule has 0 fully saturated rings. The van der Waals surface area contributed by atoms with Gasteiger partial charge in [0.15, 0.2) is 11.5 Å². The summed E-state index contributed by atoms with van der Waals surface area (Å²) < 4.78 is 10.1. The van der Waals surface area contributed by atoms with Crippen LogP contribution >= 0.6 is 0 Å². The van der Waals surface area contributed by atoms with E-state index in [9.17, 15) is 4.79 Å². The van der Waals surface area contributed by atoms with E-state index >= 15 is 0 Å². The maximum absolute atomic E-state index is 10.7. The molecule has 0 saturated heterocycles. The molecule has 0 saturated carbocycles. The standard InChI is InChI=1S/C8H7NO3.H2/c9-8(10)5-1-2-6-7(3-5)12-4-11-6;/h1-3H,4H2,(H2,9,10);1H. The summed E-state index contributed by atoms with van der Waals surface area (Å²) >= 11 is 0. The largest absolute Gasteiger partial charge is 0.454 e. The van der Waals surface area contributed by atoms with Gasteiger partial charge in [-0.15, -0.1) is 0 Å². The van der Waals surface area contributed by atoms with Crippen LogP contribution in [0.4, 0.5) is 0 Å². The first-order valence-electron chi connectivity index (χ1n) is 3.47. The number of amides is 1. The smallest absolute Gasteiger partial charge is 0.248 e. The molecule has 0 aliphatic carbocycles. The number of fused-ring (bicyclic) bond motifs is 1. The Kier molecular flexibility index (Phi) is 1.40. The van der Waals surface area contributed by atoms with Gasteiger partial charge in [0.05, 0.1) is 0 Å². The molecule has 4 heteroatoms. The lowest BCUT2D eigenvalue weighted by molar-refractivity contribution is 0.1000. The summed E-state index contributed by atoms with van der Waals surface area (Å²) in [5.41, 5.74) is 5.50. The molecule has 0 unspecified atom stereocenters. The van der Waals surface area contributed by atoms with Crippen LogP contribution in [0.5, 0.6) is 11.5 Å². The van der Waals surface area contributed by atoms with E-state index in [4.69, 9.17) is 15.2 Å². The third kappa shape index (κ3) is 0.972. The number of hydrogen-bond acceptors (Lipinski definition) is 3. The Bertz CT molecular complexity index is 340. The summed E-state index contributed by atoms with van der Waals surface area (Å²) in [5.74, 6) is 0.764. The highest BCUT2D eigenvalue weighted by Gasteiger charge is 2.14. The minimum Gasteiger partial charge on any atom is -0.454 e. The van der Waals surface area contributed by atoms with Crippen molar-refractivity contribution in [1.82, 2.24) is 0 Å². The lowest BCUT2D eigenvalue weighted by atomic mass is 10.2. The van der Waals surface area contributed by atoms with Crippen molar-refractivity contribution >= 4 is 5.91 Å². The highest BCUT2D eigenvalue weighted by atomic mass is 16.7. The van der Waals surface area contributed by atoms with Gasteiger partial charge in [-0.25, -0.2) is 0 Å². The number of primary amides is 1. The zero-order valence-corrected chi connectivity index (χ0v) is 6.24. The molecule has 1 aromatic carbocycles. The van der Waals surface area contributed by atoms with Gasteiger partial charge in [-0.05, 0) is 18.2 Å². The molecule has 4 nitrogen and oxygen atoms in total. The van der Waals surface area contributed by atoms with E-state index in [-0.39, 0.29) is 8.22 Å². The first-order chi connectivity index (χ1) is 5.77. The zero-order chi connectivity index (χ0) is 8.55. The third-order valence-corrected chi connectivity index (χ3v) is 1.66. The summed E-state index contributed by atoms with van der Waals surface area (Å²) in [4.78, 5) is 10.7. The molecular formula is C8H9NO3. The molecule has 0 spiro atoms. The number of rotatable bonds is 1. The summed E-state index contributed by atoms with van der Waals surface area (Å²) in [5, 5.41) is 0. The molecule has 64 valence electrons. The molecule has 1 heterocycles. The van der Waals surface area contributed by atoms with E-state index in [2.05, 4.69) is 0 Å². The fourth-order valence-electron chi connectivity index (χ4n) is 1.05. The highest BCUT2D eigenvalue weighted by Crippen LogP contribution is 2.32. The van der Waals surface area contributed by atoms with E-state index in [0.29, 0.717) is 17.1 Å². The van der Waals surface area contributed by atoms with Crippen molar-refractivity contribution in [1.29, 1.82) is 0 Å². The molecule has 1 aliphatic heterocycles. The number of ether oxygens (including phenoxy) is 2. The van der Waals surface area contributed by atoms with Gasteiger partial charge >= 0.3 is 0 Å². The molecular weight excluding hydrogens is 158 g/mol. The Morgan fingerprint density at radius 3 is 2.92 bits per heavy atom. The predicted molar refractivity (Wildman–Crippen MR) is 43.2 cm³/mol. The molecule has 1 aliphatic rings. The third-order valence-electron chi connectivity index (χ3n) is 1.66. The van der Waals surface area contributed by atoms with Gasteiger partial charge in [0.25, 0.3) is 0 Å². The van der Waals surface area contributed by atoms with Gasteiger partial charge < -0.3 is 15.2 Å². The van der Waals surface area contributed by atoms with Crippen molar-refractivity contribution in [2.75, 3.05) is 6.79 Å². The minimum absolute atomic E-state index is 0. The molecule has 2 N–H and O–H groups in total.